The van der Waals surface area contributed by atoms with Gasteiger partial charge in [0.05, 0.1) is 5.92 Å². The third-order valence-corrected chi connectivity index (χ3v) is 2.59. The second-order valence-corrected chi connectivity index (χ2v) is 3.95. The molecule has 1 aliphatic carbocycles. The lowest BCUT2D eigenvalue weighted by Gasteiger charge is -2.06. The quantitative estimate of drug-likeness (QED) is 0.714. The zero-order chi connectivity index (χ0) is 10.8. The Morgan fingerprint density at radius 3 is 2.87 bits per heavy atom. The van der Waals surface area contributed by atoms with Crippen molar-refractivity contribution in [2.45, 2.75) is 26.4 Å². The highest BCUT2D eigenvalue weighted by atomic mass is 19.1. The summed E-state index contributed by atoms with van der Waals surface area (Å²) in [5.41, 5.74) is 1.68. The van der Waals surface area contributed by atoms with Crippen molar-refractivity contribution in [1.29, 1.82) is 0 Å². The zero-order valence-corrected chi connectivity index (χ0v) is 8.63. The second kappa shape index (κ2) is 4.01. The Labute approximate surface area is 88.1 Å². The van der Waals surface area contributed by atoms with Gasteiger partial charge in [-0.25, -0.2) is 4.39 Å². The van der Waals surface area contributed by atoms with Crippen molar-refractivity contribution in [2.75, 3.05) is 0 Å². The Morgan fingerprint density at radius 2 is 2.27 bits per heavy atom. The van der Waals surface area contributed by atoms with Crippen molar-refractivity contribution < 1.29 is 13.9 Å². The molecule has 3 heteroatoms. The number of carbonyl (C=O) groups excluding carboxylic acids is 1. The lowest BCUT2D eigenvalue weighted by atomic mass is 10.1. The zero-order valence-electron chi connectivity index (χ0n) is 8.63. The molecule has 1 aromatic carbocycles. The molecule has 0 atom stereocenters. The first-order chi connectivity index (χ1) is 7.16. The Bertz CT molecular complexity index is 383. The van der Waals surface area contributed by atoms with E-state index in [1.807, 2.05) is 6.92 Å². The fourth-order valence-corrected chi connectivity index (χ4v) is 1.41. The molecule has 0 amide bonds. The van der Waals surface area contributed by atoms with Crippen LogP contribution in [0, 0.1) is 18.7 Å². The van der Waals surface area contributed by atoms with Crippen LogP contribution in [0.4, 0.5) is 4.39 Å². The summed E-state index contributed by atoms with van der Waals surface area (Å²) in [6.45, 7) is 2.06. The van der Waals surface area contributed by atoms with E-state index in [0.717, 1.165) is 24.0 Å². The number of carbonyl (C=O) groups is 1. The predicted octanol–water partition coefficient (Wildman–Crippen LogP) is 2.59. The van der Waals surface area contributed by atoms with Crippen molar-refractivity contribution >= 4 is 5.97 Å². The van der Waals surface area contributed by atoms with E-state index < -0.39 is 0 Å². The molecule has 15 heavy (non-hydrogen) atoms. The molecule has 0 aromatic heterocycles. The van der Waals surface area contributed by atoms with Crippen LogP contribution >= 0.6 is 0 Å². The van der Waals surface area contributed by atoms with Gasteiger partial charge in [0.2, 0.25) is 0 Å². The SMILES string of the molecule is Cc1cc(F)ccc1COC(=O)C1CC1. The van der Waals surface area contributed by atoms with E-state index in [0.29, 0.717) is 0 Å². The summed E-state index contributed by atoms with van der Waals surface area (Å²) in [6.07, 6.45) is 1.89. The van der Waals surface area contributed by atoms with Gasteiger partial charge in [0.1, 0.15) is 12.4 Å². The van der Waals surface area contributed by atoms with Crippen LogP contribution in [0.1, 0.15) is 24.0 Å². The number of esters is 1. The monoisotopic (exact) mass is 208 g/mol. The molecule has 2 nitrogen and oxygen atoms in total. The van der Waals surface area contributed by atoms with Gasteiger partial charge in [-0.2, -0.15) is 0 Å². The molecule has 0 unspecified atom stereocenters. The summed E-state index contributed by atoms with van der Waals surface area (Å²) in [6, 6.07) is 4.48. The maximum atomic E-state index is 12.8. The molecule has 0 radical (unpaired) electrons. The largest absolute Gasteiger partial charge is 0.461 e. The normalized spacial score (nSPS) is 15.1. The van der Waals surface area contributed by atoms with Gasteiger partial charge in [0.15, 0.2) is 0 Å². The lowest BCUT2D eigenvalue weighted by Crippen LogP contribution is -2.07. The van der Waals surface area contributed by atoms with E-state index in [9.17, 15) is 9.18 Å². The molecular formula is C12H13FO2. The summed E-state index contributed by atoms with van der Waals surface area (Å²) >= 11 is 0. The average Bonchev–Trinajstić information content (AvgIpc) is 2.99. The minimum absolute atomic E-state index is 0.116. The highest BCUT2D eigenvalue weighted by molar-refractivity contribution is 5.74. The molecule has 80 valence electrons. The number of hydrogen-bond donors (Lipinski definition) is 0. The number of aryl methyl sites for hydroxylation is 1. The molecule has 0 saturated heterocycles. The summed E-state index contributed by atoms with van der Waals surface area (Å²) in [7, 11) is 0. The fraction of sp³-hybridized carbons (Fsp3) is 0.417. The molecule has 0 aliphatic heterocycles. The van der Waals surface area contributed by atoms with Gasteiger partial charge >= 0.3 is 5.97 Å². The Kier molecular flexibility index (Phi) is 2.71. The Balaban J connectivity index is 1.95. The van der Waals surface area contributed by atoms with E-state index in [2.05, 4.69) is 0 Å². The number of ether oxygens (including phenoxy) is 1. The number of benzene rings is 1. The Hall–Kier alpha value is -1.38. The first-order valence-electron chi connectivity index (χ1n) is 5.08. The molecule has 1 saturated carbocycles. The number of halogens is 1. The molecule has 1 aromatic rings. The van der Waals surface area contributed by atoms with E-state index in [1.165, 1.54) is 12.1 Å². The van der Waals surface area contributed by atoms with Gasteiger partial charge in [-0.1, -0.05) is 6.07 Å². The molecule has 1 aliphatic rings. The third-order valence-electron chi connectivity index (χ3n) is 2.59. The number of rotatable bonds is 3. The lowest BCUT2D eigenvalue weighted by molar-refractivity contribution is -0.146. The fourth-order valence-electron chi connectivity index (χ4n) is 1.41. The summed E-state index contributed by atoms with van der Waals surface area (Å²) < 4.78 is 17.9. The van der Waals surface area contributed by atoms with Crippen molar-refractivity contribution in [3.63, 3.8) is 0 Å². The summed E-state index contributed by atoms with van der Waals surface area (Å²) in [5.74, 6) is -0.269. The topological polar surface area (TPSA) is 26.3 Å². The van der Waals surface area contributed by atoms with Gasteiger partial charge in [-0.05, 0) is 43.0 Å². The highest BCUT2D eigenvalue weighted by Crippen LogP contribution is 2.30. The summed E-state index contributed by atoms with van der Waals surface area (Å²) in [5, 5.41) is 0. The van der Waals surface area contributed by atoms with Crippen LogP contribution in [0.25, 0.3) is 0 Å². The van der Waals surface area contributed by atoms with Gasteiger partial charge in [0.25, 0.3) is 0 Å². The minimum Gasteiger partial charge on any atom is -0.461 e. The molecule has 0 heterocycles. The molecule has 1 fully saturated rings. The van der Waals surface area contributed by atoms with E-state index in [1.54, 1.807) is 6.07 Å². The maximum Gasteiger partial charge on any atom is 0.309 e. The standard InChI is InChI=1S/C12H13FO2/c1-8-6-11(13)5-4-10(8)7-15-12(14)9-2-3-9/h4-6,9H,2-3,7H2,1H3. The van der Waals surface area contributed by atoms with E-state index in [-0.39, 0.29) is 24.3 Å². The average molecular weight is 208 g/mol. The first kappa shape index (κ1) is 10.1. The smallest absolute Gasteiger partial charge is 0.309 e. The van der Waals surface area contributed by atoms with Gasteiger partial charge in [0, 0.05) is 0 Å². The van der Waals surface area contributed by atoms with Crippen LogP contribution in [0.5, 0.6) is 0 Å². The van der Waals surface area contributed by atoms with Crippen molar-refractivity contribution in [3.8, 4) is 0 Å². The Morgan fingerprint density at radius 1 is 1.53 bits per heavy atom. The van der Waals surface area contributed by atoms with Crippen LogP contribution in [-0.2, 0) is 16.1 Å². The highest BCUT2D eigenvalue weighted by Gasteiger charge is 2.31. The van der Waals surface area contributed by atoms with Crippen molar-refractivity contribution in [3.05, 3.63) is 35.1 Å². The van der Waals surface area contributed by atoms with Crippen LogP contribution in [-0.4, -0.2) is 5.97 Å². The van der Waals surface area contributed by atoms with Crippen LogP contribution in [0.2, 0.25) is 0 Å². The van der Waals surface area contributed by atoms with Crippen LogP contribution in [0.3, 0.4) is 0 Å². The molecular weight excluding hydrogens is 195 g/mol. The van der Waals surface area contributed by atoms with Crippen LogP contribution in [0.15, 0.2) is 18.2 Å². The molecule has 0 N–H and O–H groups in total. The van der Waals surface area contributed by atoms with E-state index >= 15 is 0 Å². The molecule has 0 bridgehead atoms. The van der Waals surface area contributed by atoms with Gasteiger partial charge < -0.3 is 4.74 Å². The first-order valence-corrected chi connectivity index (χ1v) is 5.08. The van der Waals surface area contributed by atoms with Gasteiger partial charge in [-0.3, -0.25) is 4.79 Å². The molecule has 0 spiro atoms. The van der Waals surface area contributed by atoms with E-state index in [4.69, 9.17) is 4.74 Å². The van der Waals surface area contributed by atoms with Crippen molar-refractivity contribution in [2.24, 2.45) is 5.92 Å². The van der Waals surface area contributed by atoms with Crippen molar-refractivity contribution in [1.82, 2.24) is 0 Å². The third kappa shape index (κ3) is 2.55. The number of hydrogen-bond acceptors (Lipinski definition) is 2. The second-order valence-electron chi connectivity index (χ2n) is 3.95. The predicted molar refractivity (Wildman–Crippen MR) is 53.7 cm³/mol. The van der Waals surface area contributed by atoms with Crippen LogP contribution < -0.4 is 0 Å². The minimum atomic E-state index is -0.259. The van der Waals surface area contributed by atoms with Gasteiger partial charge in [-0.15, -0.1) is 0 Å². The summed E-state index contributed by atoms with van der Waals surface area (Å²) in [4.78, 5) is 11.3. The molecule has 2 rings (SSSR count). The maximum absolute atomic E-state index is 12.8.